The van der Waals surface area contributed by atoms with Gasteiger partial charge in [0.15, 0.2) is 0 Å². The molecule has 6 nitrogen and oxygen atoms in total. The molecule has 0 radical (unpaired) electrons. The van der Waals surface area contributed by atoms with Gasteiger partial charge in [-0.2, -0.15) is 26.3 Å². The second-order valence-corrected chi connectivity index (χ2v) is 13.0. The molecule has 40 heavy (non-hydrogen) atoms. The molecular formula is C27H26F6N4O2S. The minimum absolute atomic E-state index is 0.00509. The lowest BCUT2D eigenvalue weighted by molar-refractivity contribution is -0.138. The molecule has 1 saturated heterocycles. The van der Waals surface area contributed by atoms with E-state index < -0.39 is 43.7 Å². The molecule has 1 unspecified atom stereocenters. The summed E-state index contributed by atoms with van der Waals surface area (Å²) in [4.78, 5) is 26.4. The van der Waals surface area contributed by atoms with Gasteiger partial charge in [0, 0.05) is 62.0 Å². The van der Waals surface area contributed by atoms with Crippen molar-refractivity contribution >= 4 is 21.3 Å². The van der Waals surface area contributed by atoms with Crippen molar-refractivity contribution in [3.05, 3.63) is 72.1 Å². The Hall–Kier alpha value is -3.48. The van der Waals surface area contributed by atoms with Gasteiger partial charge in [0.2, 0.25) is 0 Å². The summed E-state index contributed by atoms with van der Waals surface area (Å²) < 4.78 is 92.8. The quantitative estimate of drug-likeness (QED) is 0.272. The van der Waals surface area contributed by atoms with E-state index in [2.05, 4.69) is 20.8 Å². The van der Waals surface area contributed by atoms with Gasteiger partial charge >= 0.3 is 12.4 Å². The zero-order valence-electron chi connectivity index (χ0n) is 21.6. The smallest absolute Gasteiger partial charge is 0.337 e. The molecule has 1 fully saturated rings. The Balaban J connectivity index is 1.56. The molecule has 3 heterocycles. The van der Waals surface area contributed by atoms with Gasteiger partial charge in [0.05, 0.1) is 11.1 Å². The van der Waals surface area contributed by atoms with Crippen LogP contribution >= 0.6 is 0 Å². The third kappa shape index (κ3) is 5.70. The Morgan fingerprint density at radius 1 is 0.950 bits per heavy atom. The molecule has 1 aliphatic heterocycles. The average Bonchev–Trinajstić information content (AvgIpc) is 2.92. The normalized spacial score (nSPS) is 16.9. The monoisotopic (exact) mass is 584 g/mol. The Morgan fingerprint density at radius 3 is 2.12 bits per heavy atom. The van der Waals surface area contributed by atoms with Gasteiger partial charge < -0.3 is 4.90 Å². The van der Waals surface area contributed by atoms with E-state index in [1.54, 1.807) is 13.8 Å². The molecule has 3 aromatic rings. The van der Waals surface area contributed by atoms with Gasteiger partial charge in [-0.25, -0.2) is 15.0 Å². The van der Waals surface area contributed by atoms with Crippen molar-refractivity contribution < 1.29 is 35.3 Å². The molecule has 214 valence electrons. The summed E-state index contributed by atoms with van der Waals surface area (Å²) in [6.07, 6.45) is -4.18. The number of piperidine rings is 1. The number of rotatable bonds is 5. The number of pyridine rings is 1. The maximum atomic E-state index is 13.9. The van der Waals surface area contributed by atoms with Crippen molar-refractivity contribution in [2.75, 3.05) is 13.1 Å². The zero-order valence-corrected chi connectivity index (χ0v) is 22.4. The summed E-state index contributed by atoms with van der Waals surface area (Å²) in [5.74, 6) is 3.00. The lowest BCUT2D eigenvalue weighted by Crippen LogP contribution is -2.47. The van der Waals surface area contributed by atoms with E-state index in [1.807, 2.05) is 0 Å². The van der Waals surface area contributed by atoms with Crippen LogP contribution in [-0.4, -0.2) is 53.7 Å². The number of hydrogen-bond acceptors (Lipinski definition) is 5. The Bertz CT molecular complexity index is 1500. The topological polar surface area (TPSA) is 76.1 Å². The molecule has 13 heteroatoms. The van der Waals surface area contributed by atoms with Crippen LogP contribution in [0.3, 0.4) is 0 Å². The lowest BCUT2D eigenvalue weighted by atomic mass is 9.85. The van der Waals surface area contributed by atoms with Crippen LogP contribution in [0, 0.1) is 5.92 Å². The van der Waals surface area contributed by atoms with Gasteiger partial charge in [-0.1, -0.05) is 6.07 Å². The van der Waals surface area contributed by atoms with Crippen LogP contribution in [0.4, 0.5) is 26.3 Å². The van der Waals surface area contributed by atoms with Crippen molar-refractivity contribution in [1.82, 2.24) is 19.9 Å². The van der Waals surface area contributed by atoms with Gasteiger partial charge in [0.1, 0.15) is 12.0 Å². The molecule has 0 aliphatic carbocycles. The minimum Gasteiger partial charge on any atom is -0.337 e. The largest absolute Gasteiger partial charge is 0.417 e. The molecule has 1 aromatic carbocycles. The number of carbonyl (C=O) groups is 1. The van der Waals surface area contributed by atoms with Crippen molar-refractivity contribution in [3.8, 4) is 11.1 Å². The maximum Gasteiger partial charge on any atom is 0.417 e. The summed E-state index contributed by atoms with van der Waals surface area (Å²) in [6.45, 7) is 3.74. The van der Waals surface area contributed by atoms with E-state index >= 15 is 0 Å². The molecule has 4 rings (SSSR count). The Labute approximate surface area is 227 Å². The molecule has 0 spiro atoms. The molecule has 2 aromatic heterocycles. The summed E-state index contributed by atoms with van der Waals surface area (Å²) in [5, 5.41) is 0. The fraction of sp³-hybridized carbons (Fsp3) is 0.370. The van der Waals surface area contributed by atoms with E-state index in [9.17, 15) is 35.3 Å². The second-order valence-electron chi connectivity index (χ2n) is 10.1. The summed E-state index contributed by atoms with van der Waals surface area (Å²) in [6, 6.07) is 5.17. The first kappa shape index (κ1) is 29.5. The number of halogens is 6. The second kappa shape index (κ2) is 10.5. The highest BCUT2D eigenvalue weighted by atomic mass is 32.2. The van der Waals surface area contributed by atoms with Crippen molar-refractivity contribution in [3.63, 3.8) is 0 Å². The van der Waals surface area contributed by atoms with E-state index in [4.69, 9.17) is 0 Å². The predicted octanol–water partition coefficient (Wildman–Crippen LogP) is 5.98. The number of amides is 1. The van der Waals surface area contributed by atoms with Crippen LogP contribution in [0.5, 0.6) is 0 Å². The lowest BCUT2D eigenvalue weighted by Gasteiger charge is -2.42. The first-order valence-electron chi connectivity index (χ1n) is 12.2. The van der Waals surface area contributed by atoms with E-state index in [0.717, 1.165) is 18.2 Å². The minimum atomic E-state index is -4.68. The highest BCUT2D eigenvalue weighted by Crippen LogP contribution is 2.40. The first-order chi connectivity index (χ1) is 18.5. The predicted molar refractivity (Wildman–Crippen MR) is 138 cm³/mol. The molecular weight excluding hydrogens is 558 g/mol. The third-order valence-corrected chi connectivity index (χ3v) is 10.5. The van der Waals surface area contributed by atoms with E-state index in [-0.39, 0.29) is 40.7 Å². The van der Waals surface area contributed by atoms with Crippen molar-refractivity contribution in [1.29, 1.82) is 0 Å². The fourth-order valence-corrected chi connectivity index (χ4v) is 6.82. The number of likely N-dealkylation sites (tertiary alicyclic amines) is 1. The van der Waals surface area contributed by atoms with Crippen LogP contribution < -0.4 is 0 Å². The maximum absolute atomic E-state index is 13.9. The molecule has 0 saturated carbocycles. The highest BCUT2D eigenvalue weighted by molar-refractivity contribution is 8.01. The summed E-state index contributed by atoms with van der Waals surface area (Å²) >= 11 is 0. The van der Waals surface area contributed by atoms with E-state index in [0.29, 0.717) is 19.0 Å². The van der Waals surface area contributed by atoms with Crippen LogP contribution in [0.1, 0.15) is 48.3 Å². The number of nitrogens with zero attached hydrogens (tertiary/aromatic N) is 4. The van der Waals surface area contributed by atoms with Gasteiger partial charge in [0.25, 0.3) is 5.91 Å². The highest BCUT2D eigenvalue weighted by Gasteiger charge is 2.42. The molecule has 0 N–H and O–H groups in total. The summed E-state index contributed by atoms with van der Waals surface area (Å²) in [7, 11) is -3.21. The van der Waals surface area contributed by atoms with Crippen LogP contribution in [-0.2, 0) is 21.9 Å². The van der Waals surface area contributed by atoms with Gasteiger partial charge in [-0.05, 0) is 62.7 Å². The molecule has 0 bridgehead atoms. The number of benzene rings is 1. The molecule has 1 aliphatic rings. The third-order valence-electron chi connectivity index (χ3n) is 7.45. The van der Waals surface area contributed by atoms with Gasteiger partial charge in [-0.3, -0.25) is 9.00 Å². The fourth-order valence-electron chi connectivity index (χ4n) is 4.83. The Morgan fingerprint density at radius 2 is 1.55 bits per heavy atom. The van der Waals surface area contributed by atoms with Gasteiger partial charge in [-0.15, -0.1) is 0 Å². The summed E-state index contributed by atoms with van der Waals surface area (Å²) in [5.41, 5.74) is -2.00. The SMILES string of the molecule is C=S(=O)(c1cccc(C(F)(F)F)c1)C(C)(C)C1CCN(C(=O)c2ncc(C(F)(F)F)cc2-c2cncnc2)CC1. The number of carbonyl (C=O) groups excluding carboxylic acids is 1. The molecule has 1 atom stereocenters. The van der Waals surface area contributed by atoms with Crippen LogP contribution in [0.15, 0.2) is 60.1 Å². The molecule has 1 amide bonds. The Kier molecular flexibility index (Phi) is 7.74. The zero-order chi connectivity index (χ0) is 29.5. The first-order valence-corrected chi connectivity index (χ1v) is 13.9. The standard InChI is InChI=1S/C27H26F6N4O2S/c1-25(2,40(3,39)21-6-4-5-19(11-21)26(28,29)30)18-7-9-37(10-8-18)24(38)23-22(17-13-34-16-35-14-17)12-20(15-36-23)27(31,32)33/h4-6,11-16,18H,3,7-10H2,1-2H3. The number of hydrogen-bond donors (Lipinski definition) is 0. The van der Waals surface area contributed by atoms with E-state index in [1.165, 1.54) is 35.8 Å². The number of aromatic nitrogens is 3. The average molecular weight is 585 g/mol. The van der Waals surface area contributed by atoms with Crippen LogP contribution in [0.2, 0.25) is 0 Å². The van der Waals surface area contributed by atoms with Crippen molar-refractivity contribution in [2.24, 2.45) is 5.92 Å². The number of alkyl halides is 6. The van der Waals surface area contributed by atoms with Crippen LogP contribution in [0.25, 0.3) is 11.1 Å². The van der Waals surface area contributed by atoms with Crippen molar-refractivity contribution in [2.45, 2.75) is 48.7 Å².